The van der Waals surface area contributed by atoms with Gasteiger partial charge in [0.1, 0.15) is 0 Å². The minimum Gasteiger partial charge on any atom is -0.326 e. The number of carbonyl (C=O) groups excluding carboxylic acids is 1. The molecule has 84 valence electrons. The van der Waals surface area contributed by atoms with E-state index in [1.54, 1.807) is 25.1 Å². The van der Waals surface area contributed by atoms with Gasteiger partial charge in [-0.2, -0.15) is 0 Å². The lowest BCUT2D eigenvalue weighted by atomic mass is 10.1. The molecule has 0 radical (unpaired) electrons. The largest absolute Gasteiger partial charge is 0.326 e. The average Bonchev–Trinajstić information content (AvgIpc) is 2.16. The Morgan fingerprint density at radius 1 is 1.44 bits per heavy atom. The second-order valence-electron chi connectivity index (χ2n) is 3.46. The molecule has 0 fully saturated rings. The van der Waals surface area contributed by atoms with Gasteiger partial charge in [0.05, 0.1) is 0 Å². The van der Waals surface area contributed by atoms with Crippen LogP contribution in [-0.4, -0.2) is 5.91 Å². The summed E-state index contributed by atoms with van der Waals surface area (Å²) in [6.07, 6.45) is 5.54. The number of rotatable bonds is 3. The summed E-state index contributed by atoms with van der Waals surface area (Å²) in [7, 11) is 0. The number of hydrogen-bond donors (Lipinski definition) is 1. The first-order chi connectivity index (χ1) is 7.52. The monoisotopic (exact) mass is 255 g/mol. The van der Waals surface area contributed by atoms with Crippen LogP contribution < -0.4 is 5.32 Å². The van der Waals surface area contributed by atoms with Gasteiger partial charge in [0.15, 0.2) is 0 Å². The Kier molecular flexibility index (Phi) is 4.67. The fraction of sp³-hybridized carbons (Fsp3) is 0.250. The maximum atomic E-state index is 11.6. The summed E-state index contributed by atoms with van der Waals surface area (Å²) in [5, 5.41) is 3.66. The zero-order valence-corrected chi connectivity index (χ0v) is 10.3. The number of terminal acetylenes is 1. The smallest absolute Gasteiger partial charge is 0.228 e. The third-order valence-corrected chi connectivity index (χ3v) is 2.44. The number of amides is 1. The van der Waals surface area contributed by atoms with Gasteiger partial charge in [0.2, 0.25) is 5.91 Å². The Morgan fingerprint density at radius 2 is 2.00 bits per heavy atom. The zero-order valence-electron chi connectivity index (χ0n) is 8.76. The van der Waals surface area contributed by atoms with Crippen molar-refractivity contribution >= 4 is 34.8 Å². The Bertz CT molecular complexity index is 417. The van der Waals surface area contributed by atoms with Crippen LogP contribution in [0, 0.1) is 18.3 Å². The number of carbonyl (C=O) groups is 1. The van der Waals surface area contributed by atoms with Gasteiger partial charge in [-0.3, -0.25) is 4.79 Å². The van der Waals surface area contributed by atoms with E-state index in [4.69, 9.17) is 29.6 Å². The molecule has 0 aliphatic heterocycles. The van der Waals surface area contributed by atoms with Crippen LogP contribution in [0.15, 0.2) is 18.2 Å². The lowest BCUT2D eigenvalue weighted by molar-refractivity contribution is -0.119. The standard InChI is InChI=1S/C12H11Cl2NO/c1-3-4-8(2)12(16)15-11-6-9(13)5-10(14)7-11/h1,5-8H,4H2,2H3,(H,15,16). The van der Waals surface area contributed by atoms with E-state index in [-0.39, 0.29) is 11.8 Å². The van der Waals surface area contributed by atoms with E-state index in [9.17, 15) is 4.79 Å². The van der Waals surface area contributed by atoms with Crippen molar-refractivity contribution in [1.29, 1.82) is 0 Å². The Morgan fingerprint density at radius 3 is 2.50 bits per heavy atom. The number of nitrogens with one attached hydrogen (secondary N) is 1. The molecule has 16 heavy (non-hydrogen) atoms. The maximum absolute atomic E-state index is 11.6. The molecule has 0 heterocycles. The molecule has 1 aromatic rings. The zero-order chi connectivity index (χ0) is 12.1. The highest BCUT2D eigenvalue weighted by molar-refractivity contribution is 6.35. The Labute approximate surface area is 105 Å². The highest BCUT2D eigenvalue weighted by atomic mass is 35.5. The molecule has 0 aliphatic carbocycles. The van der Waals surface area contributed by atoms with E-state index in [1.165, 1.54) is 0 Å². The molecule has 0 saturated carbocycles. The van der Waals surface area contributed by atoms with Crippen molar-refractivity contribution in [1.82, 2.24) is 0 Å². The van der Waals surface area contributed by atoms with Crippen LogP contribution in [0.1, 0.15) is 13.3 Å². The van der Waals surface area contributed by atoms with Crippen LogP contribution in [0.5, 0.6) is 0 Å². The van der Waals surface area contributed by atoms with E-state index >= 15 is 0 Å². The SMILES string of the molecule is C#CCC(C)C(=O)Nc1cc(Cl)cc(Cl)c1. The molecule has 0 aliphatic rings. The molecule has 1 aromatic carbocycles. The molecule has 0 aromatic heterocycles. The molecule has 1 atom stereocenters. The second-order valence-corrected chi connectivity index (χ2v) is 4.33. The molecule has 1 rings (SSSR count). The third-order valence-electron chi connectivity index (χ3n) is 2.00. The summed E-state index contributed by atoms with van der Waals surface area (Å²) in [6.45, 7) is 1.77. The van der Waals surface area contributed by atoms with E-state index in [0.29, 0.717) is 22.2 Å². The molecule has 1 unspecified atom stereocenters. The Balaban J connectivity index is 2.73. The first-order valence-corrected chi connectivity index (χ1v) is 5.49. The highest BCUT2D eigenvalue weighted by Gasteiger charge is 2.11. The van der Waals surface area contributed by atoms with Crippen molar-refractivity contribution < 1.29 is 4.79 Å². The van der Waals surface area contributed by atoms with Crippen molar-refractivity contribution in [3.05, 3.63) is 28.2 Å². The van der Waals surface area contributed by atoms with Gasteiger partial charge in [-0.1, -0.05) is 30.1 Å². The van der Waals surface area contributed by atoms with Gasteiger partial charge >= 0.3 is 0 Å². The van der Waals surface area contributed by atoms with Crippen LogP contribution in [0.3, 0.4) is 0 Å². The van der Waals surface area contributed by atoms with E-state index in [2.05, 4.69) is 11.2 Å². The fourth-order valence-corrected chi connectivity index (χ4v) is 1.69. The van der Waals surface area contributed by atoms with Crippen molar-refractivity contribution in [3.8, 4) is 12.3 Å². The highest BCUT2D eigenvalue weighted by Crippen LogP contribution is 2.22. The van der Waals surface area contributed by atoms with Crippen LogP contribution in [0.4, 0.5) is 5.69 Å². The quantitative estimate of drug-likeness (QED) is 0.822. The van der Waals surface area contributed by atoms with Gasteiger partial charge in [-0.15, -0.1) is 12.3 Å². The predicted octanol–water partition coefficient (Wildman–Crippen LogP) is 3.59. The molecule has 1 N–H and O–H groups in total. The summed E-state index contributed by atoms with van der Waals surface area (Å²) >= 11 is 11.6. The van der Waals surface area contributed by atoms with E-state index < -0.39 is 0 Å². The number of anilines is 1. The first-order valence-electron chi connectivity index (χ1n) is 4.73. The molecule has 1 amide bonds. The maximum Gasteiger partial charge on any atom is 0.228 e. The molecule has 0 spiro atoms. The van der Waals surface area contributed by atoms with Gasteiger partial charge in [0.25, 0.3) is 0 Å². The summed E-state index contributed by atoms with van der Waals surface area (Å²) in [4.78, 5) is 11.6. The lowest BCUT2D eigenvalue weighted by Gasteiger charge is -2.10. The second kappa shape index (κ2) is 5.79. The Hall–Kier alpha value is -1.17. The van der Waals surface area contributed by atoms with Crippen LogP contribution in [0.2, 0.25) is 10.0 Å². The van der Waals surface area contributed by atoms with E-state index in [0.717, 1.165) is 0 Å². The molecular formula is C12H11Cl2NO. The van der Waals surface area contributed by atoms with Crippen LogP contribution in [0.25, 0.3) is 0 Å². The summed E-state index contributed by atoms with van der Waals surface area (Å²) in [5.41, 5.74) is 0.575. The summed E-state index contributed by atoms with van der Waals surface area (Å²) in [6, 6.07) is 4.87. The van der Waals surface area contributed by atoms with Crippen molar-refractivity contribution in [2.24, 2.45) is 5.92 Å². The number of halogens is 2. The molecule has 0 bridgehead atoms. The number of hydrogen-bond acceptors (Lipinski definition) is 1. The minimum absolute atomic E-state index is 0.142. The van der Waals surface area contributed by atoms with Crippen molar-refractivity contribution in [2.45, 2.75) is 13.3 Å². The van der Waals surface area contributed by atoms with Gasteiger partial charge in [-0.25, -0.2) is 0 Å². The minimum atomic E-state index is -0.234. The van der Waals surface area contributed by atoms with E-state index in [1.807, 2.05) is 0 Å². The predicted molar refractivity (Wildman–Crippen MR) is 67.7 cm³/mol. The van der Waals surface area contributed by atoms with Crippen LogP contribution >= 0.6 is 23.2 Å². The van der Waals surface area contributed by atoms with Crippen molar-refractivity contribution in [3.63, 3.8) is 0 Å². The molecule has 4 heteroatoms. The van der Waals surface area contributed by atoms with Gasteiger partial charge < -0.3 is 5.32 Å². The fourth-order valence-electron chi connectivity index (χ4n) is 1.16. The third kappa shape index (κ3) is 3.77. The van der Waals surface area contributed by atoms with Gasteiger partial charge in [0, 0.05) is 28.1 Å². The van der Waals surface area contributed by atoms with Crippen molar-refractivity contribution in [2.75, 3.05) is 5.32 Å². The summed E-state index contributed by atoms with van der Waals surface area (Å²) in [5.74, 6) is 2.07. The topological polar surface area (TPSA) is 29.1 Å². The number of benzene rings is 1. The molecule has 2 nitrogen and oxygen atoms in total. The summed E-state index contributed by atoms with van der Waals surface area (Å²) < 4.78 is 0. The molecule has 0 saturated heterocycles. The van der Waals surface area contributed by atoms with Gasteiger partial charge in [-0.05, 0) is 18.2 Å². The molecular weight excluding hydrogens is 245 g/mol. The average molecular weight is 256 g/mol. The van der Waals surface area contributed by atoms with Crippen LogP contribution in [-0.2, 0) is 4.79 Å². The lowest BCUT2D eigenvalue weighted by Crippen LogP contribution is -2.19. The normalized spacial score (nSPS) is 11.6. The first kappa shape index (κ1) is 12.9.